The SMILES string of the molecule is CCCCCCCCCCCCc1ccccc1.N=C(N)Sc1ccccc1.[Cu][c]1ccccc1. The molecule has 0 unspecified atom stereocenters. The van der Waals surface area contributed by atoms with Crippen molar-refractivity contribution in [3.63, 3.8) is 0 Å². The first-order valence-electron chi connectivity index (χ1n) is 12.9. The normalized spacial score (nSPS) is 9.91. The molecule has 3 aromatic rings. The standard InChI is InChI=1S/C18H30.C7H8N2S.C6H5.Cu/c1-2-3-4-5-6-7-8-9-10-12-15-18-16-13-11-14-17-18;8-7(9)10-6-4-2-1-3-5-6;1-2-4-6-5-3-1;/h11,13-14,16-17H,2-10,12,15H2,1H3;1-5H,(H3,8,9);1-5H;. The number of hydrogen-bond donors (Lipinski definition) is 2. The molecule has 35 heavy (non-hydrogen) atoms. The maximum atomic E-state index is 6.97. The van der Waals surface area contributed by atoms with E-state index in [1.165, 1.54) is 88.0 Å². The zero-order valence-corrected chi connectivity index (χ0v) is 23.0. The first-order valence-corrected chi connectivity index (χ1v) is 14.2. The molecule has 0 aliphatic heterocycles. The van der Waals surface area contributed by atoms with Crippen LogP contribution in [0.4, 0.5) is 0 Å². The van der Waals surface area contributed by atoms with Crippen LogP contribution < -0.4 is 10.2 Å². The second-order valence-corrected chi connectivity index (χ2v) is 10.1. The molecule has 0 amide bonds. The third-order valence-electron chi connectivity index (χ3n) is 5.34. The van der Waals surface area contributed by atoms with Gasteiger partial charge in [0.2, 0.25) is 0 Å². The Morgan fingerprint density at radius 1 is 0.657 bits per heavy atom. The molecule has 2 nitrogen and oxygen atoms in total. The molecule has 0 atom stereocenters. The van der Waals surface area contributed by atoms with Gasteiger partial charge in [-0.3, -0.25) is 5.41 Å². The number of amidine groups is 1. The van der Waals surface area contributed by atoms with Crippen molar-refractivity contribution in [3.05, 3.63) is 96.6 Å². The van der Waals surface area contributed by atoms with Gasteiger partial charge in [-0.1, -0.05) is 125 Å². The Morgan fingerprint density at radius 3 is 1.51 bits per heavy atom. The van der Waals surface area contributed by atoms with Crippen LogP contribution >= 0.6 is 11.8 Å². The average Bonchev–Trinajstić information content (AvgIpc) is 2.87. The summed E-state index contributed by atoms with van der Waals surface area (Å²) in [5, 5.41) is 7.10. The second kappa shape index (κ2) is 22.5. The first-order chi connectivity index (χ1) is 17.1. The Kier molecular flexibility index (Phi) is 19.9. The van der Waals surface area contributed by atoms with E-state index < -0.39 is 0 Å². The third kappa shape index (κ3) is 19.9. The molecule has 194 valence electrons. The van der Waals surface area contributed by atoms with Crippen LogP contribution in [0.3, 0.4) is 0 Å². The van der Waals surface area contributed by atoms with Crippen LogP contribution in [0.15, 0.2) is 95.9 Å². The van der Waals surface area contributed by atoms with Crippen LogP contribution in [0.1, 0.15) is 76.7 Å². The van der Waals surface area contributed by atoms with Crippen molar-refractivity contribution in [1.82, 2.24) is 0 Å². The summed E-state index contributed by atoms with van der Waals surface area (Å²) >= 11 is 6.21. The van der Waals surface area contributed by atoms with Gasteiger partial charge in [0.15, 0.2) is 5.17 Å². The van der Waals surface area contributed by atoms with E-state index in [4.69, 9.17) is 27.2 Å². The molecule has 4 heteroatoms. The number of aryl methyl sites for hydroxylation is 1. The van der Waals surface area contributed by atoms with Crippen LogP contribution in [0, 0.1) is 5.41 Å². The van der Waals surface area contributed by atoms with Gasteiger partial charge in [0.25, 0.3) is 0 Å². The van der Waals surface area contributed by atoms with Gasteiger partial charge >= 0.3 is 50.8 Å². The molecule has 3 N–H and O–H groups in total. The fourth-order valence-corrected chi connectivity index (χ4v) is 4.21. The van der Waals surface area contributed by atoms with Crippen molar-refractivity contribution >= 4 is 21.4 Å². The fourth-order valence-electron chi connectivity index (χ4n) is 3.48. The number of benzene rings is 3. The molecule has 0 heterocycles. The predicted molar refractivity (Wildman–Crippen MR) is 152 cm³/mol. The van der Waals surface area contributed by atoms with E-state index in [1.54, 1.807) is 0 Å². The molecule has 3 aromatic carbocycles. The van der Waals surface area contributed by atoms with Crippen molar-refractivity contribution in [2.24, 2.45) is 5.73 Å². The van der Waals surface area contributed by atoms with Crippen molar-refractivity contribution < 1.29 is 16.0 Å². The summed E-state index contributed by atoms with van der Waals surface area (Å²) in [6.45, 7) is 2.28. The maximum absolute atomic E-state index is 6.97. The van der Waals surface area contributed by atoms with Crippen molar-refractivity contribution in [1.29, 1.82) is 5.41 Å². The van der Waals surface area contributed by atoms with E-state index in [0.717, 1.165) is 9.36 Å². The monoisotopic (exact) mass is 538 g/mol. The topological polar surface area (TPSA) is 49.9 Å². The van der Waals surface area contributed by atoms with E-state index in [1.807, 2.05) is 60.7 Å². The number of nitrogens with one attached hydrogen (secondary N) is 1. The van der Waals surface area contributed by atoms with Crippen LogP contribution in [0.5, 0.6) is 0 Å². The van der Waals surface area contributed by atoms with E-state index in [2.05, 4.69) is 37.3 Å². The van der Waals surface area contributed by atoms with Crippen molar-refractivity contribution in [2.75, 3.05) is 0 Å². The molecule has 0 bridgehead atoms. The zero-order valence-electron chi connectivity index (χ0n) is 21.2. The van der Waals surface area contributed by atoms with Crippen molar-refractivity contribution in [2.45, 2.75) is 82.4 Å². The van der Waals surface area contributed by atoms with Gasteiger partial charge in [0, 0.05) is 4.90 Å². The van der Waals surface area contributed by atoms with Crippen LogP contribution in [-0.2, 0) is 22.4 Å². The zero-order chi connectivity index (χ0) is 25.4. The number of nitrogens with two attached hydrogens (primary N) is 1. The Bertz CT molecular complexity index is 857. The third-order valence-corrected chi connectivity index (χ3v) is 6.38. The van der Waals surface area contributed by atoms with E-state index >= 15 is 0 Å². The molecule has 0 fully saturated rings. The summed E-state index contributed by atoms with van der Waals surface area (Å²) < 4.78 is 0.884. The van der Waals surface area contributed by atoms with Gasteiger partial charge in [0.05, 0.1) is 0 Å². The number of thioether (sulfide) groups is 1. The molecule has 0 saturated heterocycles. The van der Waals surface area contributed by atoms with Gasteiger partial charge in [0.1, 0.15) is 0 Å². The fraction of sp³-hybridized carbons (Fsp3) is 0.387. The molecule has 0 radical (unpaired) electrons. The number of unbranched alkanes of at least 4 members (excludes halogenated alkanes) is 9. The summed E-state index contributed by atoms with van der Waals surface area (Å²) in [5.41, 5.74) is 6.67. The van der Waals surface area contributed by atoms with Gasteiger partial charge in [-0.25, -0.2) is 0 Å². The Balaban J connectivity index is 0.000000299. The molecular weight excluding hydrogens is 496 g/mol. The Hall–Kier alpha value is -2.00. The summed E-state index contributed by atoms with van der Waals surface area (Å²) in [7, 11) is 0. The van der Waals surface area contributed by atoms with Crippen molar-refractivity contribution in [3.8, 4) is 0 Å². The minimum absolute atomic E-state index is 0.131. The van der Waals surface area contributed by atoms with Crippen LogP contribution in [0.25, 0.3) is 0 Å². The molecule has 0 spiro atoms. The quantitative estimate of drug-likeness (QED) is 0.0796. The number of hydrogen-bond acceptors (Lipinski definition) is 2. The molecule has 0 aliphatic rings. The summed E-state index contributed by atoms with van der Waals surface area (Å²) in [6.07, 6.45) is 15.5. The minimum atomic E-state index is 0.131. The average molecular weight is 539 g/mol. The molecule has 0 saturated carbocycles. The summed E-state index contributed by atoms with van der Waals surface area (Å²) in [5.74, 6) is 0. The van der Waals surface area contributed by atoms with E-state index in [0.29, 0.717) is 0 Å². The second-order valence-electron chi connectivity index (χ2n) is 8.45. The summed E-state index contributed by atoms with van der Waals surface area (Å²) in [4.78, 5) is 1.01. The van der Waals surface area contributed by atoms with Gasteiger partial charge in [-0.15, -0.1) is 0 Å². The predicted octanol–water partition coefficient (Wildman–Crippen LogP) is 8.68. The molecule has 3 rings (SSSR count). The van der Waals surface area contributed by atoms with Gasteiger partial charge < -0.3 is 5.73 Å². The van der Waals surface area contributed by atoms with Crippen LogP contribution in [-0.4, -0.2) is 5.17 Å². The van der Waals surface area contributed by atoms with E-state index in [-0.39, 0.29) is 5.17 Å². The molecular formula is C31H43CuN2S. The molecule has 0 aromatic heterocycles. The van der Waals surface area contributed by atoms with Gasteiger partial charge in [-0.2, -0.15) is 0 Å². The van der Waals surface area contributed by atoms with Gasteiger partial charge in [-0.05, 0) is 30.5 Å². The van der Waals surface area contributed by atoms with E-state index in [9.17, 15) is 0 Å². The molecule has 0 aliphatic carbocycles. The first kappa shape index (κ1) is 31.0. The summed E-state index contributed by atoms with van der Waals surface area (Å²) in [6, 6.07) is 30.1. The van der Waals surface area contributed by atoms with Crippen LogP contribution in [0.2, 0.25) is 0 Å². The number of rotatable bonds is 12. The Morgan fingerprint density at radius 2 is 1.09 bits per heavy atom. The Labute approximate surface area is 226 Å².